The van der Waals surface area contributed by atoms with E-state index in [0.717, 1.165) is 31.0 Å². The van der Waals surface area contributed by atoms with Crippen LogP contribution in [0.5, 0.6) is 0 Å². The zero-order chi connectivity index (χ0) is 11.4. The summed E-state index contributed by atoms with van der Waals surface area (Å²) in [5.41, 5.74) is 0. The minimum atomic E-state index is 0.219. The van der Waals surface area contributed by atoms with E-state index in [0.29, 0.717) is 11.9 Å². The highest BCUT2D eigenvalue weighted by atomic mass is 32.2. The van der Waals surface area contributed by atoms with Crippen molar-refractivity contribution in [2.45, 2.75) is 24.1 Å². The molecule has 0 aromatic heterocycles. The third kappa shape index (κ3) is 2.87. The molecule has 2 fully saturated rings. The summed E-state index contributed by atoms with van der Waals surface area (Å²) >= 11 is 3.77. The van der Waals surface area contributed by atoms with Crippen molar-refractivity contribution >= 4 is 29.4 Å². The molecule has 0 aromatic carbocycles. The smallest absolute Gasteiger partial charge is 0.236 e. The molecule has 0 aromatic rings. The summed E-state index contributed by atoms with van der Waals surface area (Å²) in [4.78, 5) is 14.5. The van der Waals surface area contributed by atoms with Crippen LogP contribution in [0.1, 0.15) is 12.8 Å². The molecule has 0 radical (unpaired) electrons. The summed E-state index contributed by atoms with van der Waals surface area (Å²) in [5.74, 6) is 3.72. The third-order valence-electron chi connectivity index (χ3n) is 3.19. The third-order valence-corrected chi connectivity index (χ3v) is 5.93. The van der Waals surface area contributed by atoms with Crippen LogP contribution < -0.4 is 5.32 Å². The second-order valence-corrected chi connectivity index (χ2v) is 6.78. The second kappa shape index (κ2) is 6.17. The Balaban J connectivity index is 1.91. The number of hydrogen-bond donors (Lipinski definition) is 1. The van der Waals surface area contributed by atoms with Crippen LogP contribution in [-0.4, -0.2) is 59.5 Å². The molecule has 1 amide bonds. The van der Waals surface area contributed by atoms with Crippen LogP contribution in [0.4, 0.5) is 0 Å². The number of carbonyl (C=O) groups is 1. The molecule has 2 aliphatic heterocycles. The van der Waals surface area contributed by atoms with Gasteiger partial charge in [0.1, 0.15) is 0 Å². The average Bonchev–Trinajstić information content (AvgIpc) is 2.78. The predicted molar refractivity (Wildman–Crippen MR) is 72.2 cm³/mol. The van der Waals surface area contributed by atoms with Crippen LogP contribution in [0.25, 0.3) is 0 Å². The molecule has 16 heavy (non-hydrogen) atoms. The first kappa shape index (κ1) is 12.6. The van der Waals surface area contributed by atoms with Gasteiger partial charge in [0, 0.05) is 36.4 Å². The van der Waals surface area contributed by atoms with Crippen molar-refractivity contribution in [2.24, 2.45) is 0 Å². The summed E-state index contributed by atoms with van der Waals surface area (Å²) in [6.45, 7) is 1.91. The van der Waals surface area contributed by atoms with Gasteiger partial charge in [0.2, 0.25) is 5.91 Å². The molecule has 1 N–H and O–H groups in total. The molecule has 0 saturated carbocycles. The maximum atomic E-state index is 12.3. The first-order chi connectivity index (χ1) is 7.83. The Morgan fingerprint density at radius 2 is 2.38 bits per heavy atom. The minimum Gasteiger partial charge on any atom is -0.337 e. The summed E-state index contributed by atoms with van der Waals surface area (Å²) in [7, 11) is 1.96. The first-order valence-corrected chi connectivity index (χ1v) is 8.17. The molecule has 0 spiro atoms. The van der Waals surface area contributed by atoms with Crippen LogP contribution in [-0.2, 0) is 4.79 Å². The fourth-order valence-electron chi connectivity index (χ4n) is 2.39. The van der Waals surface area contributed by atoms with Crippen molar-refractivity contribution in [1.29, 1.82) is 0 Å². The van der Waals surface area contributed by atoms with Crippen LogP contribution >= 0.6 is 23.5 Å². The minimum absolute atomic E-state index is 0.219. The summed E-state index contributed by atoms with van der Waals surface area (Å²) in [6.07, 6.45) is 2.33. The monoisotopic (exact) mass is 260 g/mol. The van der Waals surface area contributed by atoms with E-state index in [1.165, 1.54) is 12.2 Å². The molecule has 2 aliphatic rings. The zero-order valence-corrected chi connectivity index (χ0v) is 11.4. The molecule has 5 heteroatoms. The number of rotatable bonds is 3. The lowest BCUT2D eigenvalue weighted by Crippen LogP contribution is -2.46. The van der Waals surface area contributed by atoms with E-state index in [1.807, 2.05) is 30.6 Å². The van der Waals surface area contributed by atoms with E-state index in [9.17, 15) is 4.79 Å². The number of hydrogen-bond acceptors (Lipinski definition) is 4. The topological polar surface area (TPSA) is 32.3 Å². The van der Waals surface area contributed by atoms with Gasteiger partial charge in [0.15, 0.2) is 0 Å². The van der Waals surface area contributed by atoms with Gasteiger partial charge in [0.25, 0.3) is 0 Å². The van der Waals surface area contributed by atoms with Crippen LogP contribution in [0.15, 0.2) is 0 Å². The molecule has 2 saturated heterocycles. The lowest BCUT2D eigenvalue weighted by Gasteiger charge is -2.30. The number of nitrogens with zero attached hydrogens (tertiary/aromatic N) is 1. The van der Waals surface area contributed by atoms with Crippen molar-refractivity contribution < 1.29 is 4.79 Å². The molecule has 92 valence electrons. The van der Waals surface area contributed by atoms with Crippen molar-refractivity contribution in [3.05, 3.63) is 0 Å². The molecular formula is C11H20N2OS2. The van der Waals surface area contributed by atoms with Gasteiger partial charge in [0.05, 0.1) is 5.25 Å². The van der Waals surface area contributed by atoms with Crippen LogP contribution in [0.2, 0.25) is 0 Å². The highest BCUT2D eigenvalue weighted by molar-refractivity contribution is 8.07. The maximum absolute atomic E-state index is 12.3. The van der Waals surface area contributed by atoms with Gasteiger partial charge in [-0.1, -0.05) is 0 Å². The Labute approximate surface area is 106 Å². The first-order valence-electron chi connectivity index (χ1n) is 5.97. The lowest BCUT2D eigenvalue weighted by atomic mass is 10.2. The molecule has 2 rings (SSSR count). The normalized spacial score (nSPS) is 30.7. The van der Waals surface area contributed by atoms with E-state index < -0.39 is 0 Å². The van der Waals surface area contributed by atoms with Crippen LogP contribution in [0, 0.1) is 0 Å². The summed E-state index contributed by atoms with van der Waals surface area (Å²) in [5, 5.41) is 3.41. The average molecular weight is 260 g/mol. The molecule has 2 heterocycles. The number of likely N-dealkylation sites (N-methyl/N-ethyl adjacent to an activating group) is 1. The van der Waals surface area contributed by atoms with E-state index in [2.05, 4.69) is 10.2 Å². The quantitative estimate of drug-likeness (QED) is 0.822. The number of likely N-dealkylation sites (tertiary alicyclic amines) is 1. The van der Waals surface area contributed by atoms with Crippen molar-refractivity contribution in [2.75, 3.05) is 37.4 Å². The SMILES string of the molecule is CNCC1CCCN1C(=O)C1CSCCS1. The Kier molecular flexibility index (Phi) is 4.85. The van der Waals surface area contributed by atoms with Gasteiger partial charge in [-0.3, -0.25) is 4.79 Å². The van der Waals surface area contributed by atoms with E-state index in [4.69, 9.17) is 0 Å². The molecule has 2 atom stereocenters. The Morgan fingerprint density at radius 3 is 3.06 bits per heavy atom. The van der Waals surface area contributed by atoms with Gasteiger partial charge in [-0.05, 0) is 19.9 Å². The lowest BCUT2D eigenvalue weighted by molar-refractivity contribution is -0.130. The second-order valence-electron chi connectivity index (χ2n) is 4.32. The Morgan fingerprint density at radius 1 is 1.50 bits per heavy atom. The van der Waals surface area contributed by atoms with Gasteiger partial charge in [-0.2, -0.15) is 11.8 Å². The molecule has 2 unspecified atom stereocenters. The maximum Gasteiger partial charge on any atom is 0.236 e. The molecule has 0 aliphatic carbocycles. The fourth-order valence-corrected chi connectivity index (χ4v) is 5.00. The predicted octanol–water partition coefficient (Wildman–Crippen LogP) is 1.05. The van der Waals surface area contributed by atoms with Gasteiger partial charge >= 0.3 is 0 Å². The zero-order valence-electron chi connectivity index (χ0n) is 9.78. The van der Waals surface area contributed by atoms with E-state index in [1.54, 1.807) is 0 Å². The Hall–Kier alpha value is 0.130. The largest absolute Gasteiger partial charge is 0.337 e. The van der Waals surface area contributed by atoms with Crippen molar-refractivity contribution in [3.8, 4) is 0 Å². The summed E-state index contributed by atoms with van der Waals surface area (Å²) < 4.78 is 0. The van der Waals surface area contributed by atoms with E-state index >= 15 is 0 Å². The van der Waals surface area contributed by atoms with Gasteiger partial charge in [-0.15, -0.1) is 11.8 Å². The van der Waals surface area contributed by atoms with Gasteiger partial charge < -0.3 is 10.2 Å². The standard InChI is InChI=1S/C11H20N2OS2/c1-12-7-9-3-2-4-13(9)11(14)10-8-15-5-6-16-10/h9-10,12H,2-8H2,1H3. The van der Waals surface area contributed by atoms with Crippen LogP contribution in [0.3, 0.4) is 0 Å². The summed E-state index contributed by atoms with van der Waals surface area (Å²) in [6, 6.07) is 0.435. The number of thioether (sulfide) groups is 2. The van der Waals surface area contributed by atoms with Crippen molar-refractivity contribution in [3.63, 3.8) is 0 Å². The molecule has 0 bridgehead atoms. The number of nitrogens with one attached hydrogen (secondary N) is 1. The Bertz CT molecular complexity index is 244. The molecular weight excluding hydrogens is 240 g/mol. The van der Waals surface area contributed by atoms with Crippen molar-refractivity contribution in [1.82, 2.24) is 10.2 Å². The fraction of sp³-hybridized carbons (Fsp3) is 0.909. The van der Waals surface area contributed by atoms with E-state index in [-0.39, 0.29) is 5.25 Å². The highest BCUT2D eigenvalue weighted by Gasteiger charge is 2.33. The van der Waals surface area contributed by atoms with Gasteiger partial charge in [-0.25, -0.2) is 0 Å². The number of carbonyl (C=O) groups excluding carboxylic acids is 1. The highest BCUT2D eigenvalue weighted by Crippen LogP contribution is 2.28. The molecule has 3 nitrogen and oxygen atoms in total. The number of amides is 1.